The zero-order chi connectivity index (χ0) is 25.4. The smallest absolute Gasteiger partial charge is 0.263 e. The van der Waals surface area contributed by atoms with Crippen LogP contribution in [0.5, 0.6) is 5.75 Å². The van der Waals surface area contributed by atoms with Crippen LogP contribution < -0.4 is 9.46 Å². The summed E-state index contributed by atoms with van der Waals surface area (Å²) in [4.78, 5) is 21.2. The van der Waals surface area contributed by atoms with E-state index in [1.54, 1.807) is 38.4 Å². The van der Waals surface area contributed by atoms with Gasteiger partial charge in [-0.1, -0.05) is 25.6 Å². The maximum Gasteiger partial charge on any atom is 0.263 e. The highest BCUT2D eigenvalue weighted by Crippen LogP contribution is 2.19. The molecule has 0 unspecified atom stereocenters. The standard InChI is InChI=1S/C26H34N4O4S/c1-5-25(27-3)20(2)35(32,33)28-23-11-9-22(10-12-23)26(31)30-16-6-15-29(17-18-30)19-21-7-13-24(34-4)14-8-21/h7-14,28H,2,5-6,15-19H2,1,3-4H3. The molecule has 8 nitrogen and oxygen atoms in total. The number of nitrogens with zero attached hydrogens (tertiary/aromatic N) is 3. The molecule has 0 spiro atoms. The van der Waals surface area contributed by atoms with Gasteiger partial charge >= 0.3 is 0 Å². The van der Waals surface area contributed by atoms with Crippen LogP contribution in [0.2, 0.25) is 0 Å². The van der Waals surface area contributed by atoms with E-state index in [0.717, 1.165) is 31.8 Å². The lowest BCUT2D eigenvalue weighted by atomic mass is 10.2. The fraction of sp³-hybridized carbons (Fsp3) is 0.385. The van der Waals surface area contributed by atoms with Gasteiger partial charge in [0.2, 0.25) is 0 Å². The topological polar surface area (TPSA) is 91.3 Å². The molecule has 1 aliphatic heterocycles. The Kier molecular flexibility index (Phi) is 9.06. The van der Waals surface area contributed by atoms with E-state index in [0.29, 0.717) is 36.5 Å². The van der Waals surface area contributed by atoms with Gasteiger partial charge in [0, 0.05) is 51.0 Å². The molecule has 0 bridgehead atoms. The molecule has 2 aromatic carbocycles. The first kappa shape index (κ1) is 26.4. The van der Waals surface area contributed by atoms with Gasteiger partial charge < -0.3 is 9.64 Å². The summed E-state index contributed by atoms with van der Waals surface area (Å²) >= 11 is 0. The number of sulfonamides is 1. The number of anilines is 1. The summed E-state index contributed by atoms with van der Waals surface area (Å²) in [5.74, 6) is 0.784. The number of carbonyl (C=O) groups excluding carboxylic acids is 1. The molecule has 2 aromatic rings. The lowest BCUT2D eigenvalue weighted by Gasteiger charge is -2.22. The number of aliphatic imine (C=N–C) groups is 1. The minimum absolute atomic E-state index is 0.0496. The number of ether oxygens (including phenoxy) is 1. The Balaban J connectivity index is 1.58. The largest absolute Gasteiger partial charge is 0.497 e. The Morgan fingerprint density at radius 1 is 1.06 bits per heavy atom. The molecule has 0 aliphatic carbocycles. The molecule has 1 saturated heterocycles. The first-order valence-corrected chi connectivity index (χ1v) is 13.2. The van der Waals surface area contributed by atoms with E-state index in [-0.39, 0.29) is 10.8 Å². The Labute approximate surface area is 208 Å². The van der Waals surface area contributed by atoms with Crippen molar-refractivity contribution < 1.29 is 17.9 Å². The molecule has 1 heterocycles. The van der Waals surface area contributed by atoms with E-state index in [2.05, 4.69) is 33.3 Å². The van der Waals surface area contributed by atoms with E-state index in [4.69, 9.17) is 4.74 Å². The van der Waals surface area contributed by atoms with Crippen LogP contribution >= 0.6 is 0 Å². The quantitative estimate of drug-likeness (QED) is 0.532. The number of amides is 1. The van der Waals surface area contributed by atoms with Crippen molar-refractivity contribution >= 4 is 27.3 Å². The lowest BCUT2D eigenvalue weighted by Crippen LogP contribution is -2.35. The van der Waals surface area contributed by atoms with Crippen molar-refractivity contribution in [2.75, 3.05) is 45.1 Å². The van der Waals surface area contributed by atoms with Gasteiger partial charge in [-0.15, -0.1) is 0 Å². The third-order valence-corrected chi connectivity index (χ3v) is 7.46. The predicted octanol–water partition coefficient (Wildman–Crippen LogP) is 3.78. The summed E-state index contributed by atoms with van der Waals surface area (Å²) in [6.45, 7) is 9.35. The van der Waals surface area contributed by atoms with Crippen LogP contribution in [-0.4, -0.2) is 70.2 Å². The summed E-state index contributed by atoms with van der Waals surface area (Å²) in [6.07, 6.45) is 1.36. The number of benzene rings is 2. The molecule has 0 aromatic heterocycles. The van der Waals surface area contributed by atoms with Crippen LogP contribution in [0.1, 0.15) is 35.7 Å². The zero-order valence-electron chi connectivity index (χ0n) is 20.7. The van der Waals surface area contributed by atoms with Crippen molar-refractivity contribution in [2.45, 2.75) is 26.3 Å². The Morgan fingerprint density at radius 2 is 1.74 bits per heavy atom. The molecule has 3 rings (SSSR count). The van der Waals surface area contributed by atoms with Gasteiger partial charge in [0.1, 0.15) is 10.7 Å². The van der Waals surface area contributed by atoms with E-state index >= 15 is 0 Å². The minimum Gasteiger partial charge on any atom is -0.497 e. The number of hydrogen-bond acceptors (Lipinski definition) is 6. The van der Waals surface area contributed by atoms with Gasteiger partial charge in [0.15, 0.2) is 0 Å². The van der Waals surface area contributed by atoms with Crippen LogP contribution in [0.4, 0.5) is 5.69 Å². The maximum atomic E-state index is 13.1. The van der Waals surface area contributed by atoms with E-state index in [9.17, 15) is 13.2 Å². The Bertz CT molecular complexity index is 1160. The molecule has 0 radical (unpaired) electrons. The number of hydrogen-bond donors (Lipinski definition) is 1. The predicted molar refractivity (Wildman–Crippen MR) is 141 cm³/mol. The van der Waals surface area contributed by atoms with E-state index < -0.39 is 10.0 Å². The number of rotatable bonds is 9. The fourth-order valence-electron chi connectivity index (χ4n) is 4.04. The van der Waals surface area contributed by atoms with Crippen molar-refractivity contribution in [1.29, 1.82) is 0 Å². The summed E-state index contributed by atoms with van der Waals surface area (Å²) in [5, 5.41) is 0. The third-order valence-electron chi connectivity index (χ3n) is 6.08. The zero-order valence-corrected chi connectivity index (χ0v) is 21.5. The van der Waals surface area contributed by atoms with Gasteiger partial charge in [-0.3, -0.25) is 19.4 Å². The monoisotopic (exact) mass is 498 g/mol. The molecular weight excluding hydrogens is 464 g/mol. The molecule has 0 atom stereocenters. The molecule has 0 saturated carbocycles. The summed E-state index contributed by atoms with van der Waals surface area (Å²) < 4.78 is 32.9. The lowest BCUT2D eigenvalue weighted by molar-refractivity contribution is 0.0761. The fourth-order valence-corrected chi connectivity index (χ4v) is 5.15. The highest BCUT2D eigenvalue weighted by Gasteiger charge is 2.22. The molecule has 35 heavy (non-hydrogen) atoms. The van der Waals surface area contributed by atoms with Gasteiger partial charge in [-0.05, 0) is 54.8 Å². The summed E-state index contributed by atoms with van der Waals surface area (Å²) in [7, 11) is -0.615. The average Bonchev–Trinajstić information content (AvgIpc) is 3.10. The molecular formula is C26H34N4O4S. The summed E-state index contributed by atoms with van der Waals surface area (Å²) in [5.41, 5.74) is 2.53. The second kappa shape index (κ2) is 12.0. The third kappa shape index (κ3) is 6.93. The van der Waals surface area contributed by atoms with E-state index in [1.165, 1.54) is 5.56 Å². The number of carbonyl (C=O) groups is 1. The van der Waals surface area contributed by atoms with E-state index in [1.807, 2.05) is 24.0 Å². The van der Waals surface area contributed by atoms with Crippen molar-refractivity contribution in [3.63, 3.8) is 0 Å². The first-order chi connectivity index (χ1) is 16.8. The summed E-state index contributed by atoms with van der Waals surface area (Å²) in [6, 6.07) is 14.5. The molecule has 1 fully saturated rings. The van der Waals surface area contributed by atoms with Crippen LogP contribution in [-0.2, 0) is 16.6 Å². The van der Waals surface area contributed by atoms with Gasteiger partial charge in [-0.2, -0.15) is 0 Å². The second-order valence-electron chi connectivity index (χ2n) is 8.40. The van der Waals surface area contributed by atoms with Crippen LogP contribution in [0, 0.1) is 0 Å². The molecule has 188 valence electrons. The van der Waals surface area contributed by atoms with Gasteiger partial charge in [-0.25, -0.2) is 8.42 Å². The van der Waals surface area contributed by atoms with Crippen LogP contribution in [0.25, 0.3) is 0 Å². The Hall–Kier alpha value is -3.17. The highest BCUT2D eigenvalue weighted by molar-refractivity contribution is 7.97. The number of allylic oxidation sites excluding steroid dienone is 1. The minimum atomic E-state index is -3.81. The van der Waals surface area contributed by atoms with Crippen LogP contribution in [0.3, 0.4) is 0 Å². The van der Waals surface area contributed by atoms with Crippen LogP contribution in [0.15, 0.2) is 65.0 Å². The molecule has 1 amide bonds. The van der Waals surface area contributed by atoms with Gasteiger partial charge in [0.05, 0.1) is 12.8 Å². The SMILES string of the molecule is C=C(C(CC)=NC)S(=O)(=O)Nc1ccc(C(=O)N2CCCN(Cc3ccc(OC)cc3)CC2)cc1. The molecule has 1 N–H and O–H groups in total. The van der Waals surface area contributed by atoms with Crippen molar-refractivity contribution in [1.82, 2.24) is 9.80 Å². The number of methoxy groups -OCH3 is 1. The second-order valence-corrected chi connectivity index (χ2v) is 10.1. The maximum absolute atomic E-state index is 13.1. The van der Waals surface area contributed by atoms with Crippen molar-refractivity contribution in [3.8, 4) is 5.75 Å². The normalized spacial score (nSPS) is 15.4. The number of nitrogens with one attached hydrogen (secondary N) is 1. The average molecular weight is 499 g/mol. The molecule has 1 aliphatic rings. The Morgan fingerprint density at radius 3 is 2.34 bits per heavy atom. The highest BCUT2D eigenvalue weighted by atomic mass is 32.2. The first-order valence-electron chi connectivity index (χ1n) is 11.7. The van der Waals surface area contributed by atoms with Gasteiger partial charge in [0.25, 0.3) is 15.9 Å². The molecule has 9 heteroatoms. The van der Waals surface area contributed by atoms with Crippen molar-refractivity contribution in [2.24, 2.45) is 4.99 Å². The van der Waals surface area contributed by atoms with Crippen molar-refractivity contribution in [3.05, 3.63) is 71.1 Å².